The smallest absolute Gasteiger partial charge is 0.329 e. The molecule has 0 amide bonds. The lowest BCUT2D eigenvalue weighted by Gasteiger charge is -2.35. The minimum absolute atomic E-state index is 0.274. The standard InChI is InChI=1S/C24H28ClNO6/c1-29-18-12-20(22(25)21(13-18)30-2)19-6-3-16(11-15(19)14-32-17-4-5-17)26-24(23(27)28)7-9-31-10-8-24/h3,6,11-13,17,26H,4-5,7-10,14H2,1-2H3,(H,27,28). The maximum absolute atomic E-state index is 12.1. The van der Waals surface area contributed by atoms with E-state index in [0.717, 1.165) is 35.2 Å². The van der Waals surface area contributed by atoms with Gasteiger partial charge < -0.3 is 29.4 Å². The number of benzene rings is 2. The van der Waals surface area contributed by atoms with Gasteiger partial charge in [-0.2, -0.15) is 0 Å². The van der Waals surface area contributed by atoms with E-state index in [9.17, 15) is 9.90 Å². The summed E-state index contributed by atoms with van der Waals surface area (Å²) in [5, 5.41) is 13.6. The van der Waals surface area contributed by atoms with Crippen molar-refractivity contribution in [2.75, 3.05) is 32.8 Å². The van der Waals surface area contributed by atoms with Crippen molar-refractivity contribution in [3.05, 3.63) is 40.9 Å². The van der Waals surface area contributed by atoms with Gasteiger partial charge >= 0.3 is 5.97 Å². The highest BCUT2D eigenvalue weighted by Crippen LogP contribution is 2.42. The zero-order valence-electron chi connectivity index (χ0n) is 18.3. The molecule has 2 aliphatic rings. The van der Waals surface area contributed by atoms with Crippen molar-refractivity contribution in [1.82, 2.24) is 0 Å². The van der Waals surface area contributed by atoms with E-state index >= 15 is 0 Å². The molecule has 2 aromatic rings. The molecule has 4 rings (SSSR count). The molecule has 0 atom stereocenters. The molecule has 0 radical (unpaired) electrons. The van der Waals surface area contributed by atoms with Gasteiger partial charge in [0.2, 0.25) is 0 Å². The van der Waals surface area contributed by atoms with Crippen LogP contribution in [-0.4, -0.2) is 50.2 Å². The Balaban J connectivity index is 1.73. The van der Waals surface area contributed by atoms with Crippen molar-refractivity contribution in [2.45, 2.75) is 43.9 Å². The van der Waals surface area contributed by atoms with Crippen molar-refractivity contribution < 1.29 is 28.8 Å². The topological polar surface area (TPSA) is 86.3 Å². The largest absolute Gasteiger partial charge is 0.497 e. The van der Waals surface area contributed by atoms with E-state index in [0.29, 0.717) is 49.2 Å². The lowest BCUT2D eigenvalue weighted by molar-refractivity contribution is -0.145. The van der Waals surface area contributed by atoms with Gasteiger partial charge in [-0.05, 0) is 42.2 Å². The first kappa shape index (κ1) is 22.7. The molecule has 0 bridgehead atoms. The van der Waals surface area contributed by atoms with Crippen LogP contribution < -0.4 is 14.8 Å². The van der Waals surface area contributed by atoms with Gasteiger partial charge in [-0.15, -0.1) is 0 Å². The fourth-order valence-corrected chi connectivity index (χ4v) is 4.21. The zero-order chi connectivity index (χ0) is 22.7. The second-order valence-electron chi connectivity index (χ2n) is 8.20. The molecule has 0 spiro atoms. The predicted octanol–water partition coefficient (Wildman–Crippen LogP) is 4.75. The summed E-state index contributed by atoms with van der Waals surface area (Å²) in [5.41, 5.74) is 2.23. The number of carboxylic acids is 1. The van der Waals surface area contributed by atoms with Gasteiger partial charge in [0.05, 0.1) is 32.0 Å². The van der Waals surface area contributed by atoms with Gasteiger partial charge in [-0.3, -0.25) is 0 Å². The van der Waals surface area contributed by atoms with E-state index in [-0.39, 0.29) is 6.10 Å². The molecule has 1 heterocycles. The molecule has 0 unspecified atom stereocenters. The molecular formula is C24H28ClNO6. The summed E-state index contributed by atoms with van der Waals surface area (Å²) < 4.78 is 22.2. The highest BCUT2D eigenvalue weighted by molar-refractivity contribution is 6.35. The fraction of sp³-hybridized carbons (Fsp3) is 0.458. The van der Waals surface area contributed by atoms with Crippen LogP contribution in [0.15, 0.2) is 30.3 Å². The molecule has 2 N–H and O–H groups in total. The van der Waals surface area contributed by atoms with E-state index < -0.39 is 11.5 Å². The van der Waals surface area contributed by atoms with Crippen LogP contribution in [0.1, 0.15) is 31.2 Å². The summed E-state index contributed by atoms with van der Waals surface area (Å²) in [6.07, 6.45) is 3.19. The van der Waals surface area contributed by atoms with Crippen LogP contribution in [0.3, 0.4) is 0 Å². The Morgan fingerprint density at radius 2 is 1.91 bits per heavy atom. The van der Waals surface area contributed by atoms with Crippen LogP contribution in [0.25, 0.3) is 11.1 Å². The summed E-state index contributed by atoms with van der Waals surface area (Å²) in [6, 6.07) is 9.36. The molecule has 32 heavy (non-hydrogen) atoms. The Hall–Kier alpha value is -2.48. The van der Waals surface area contributed by atoms with Gasteiger partial charge in [0.1, 0.15) is 17.0 Å². The summed E-state index contributed by atoms with van der Waals surface area (Å²) in [5.74, 6) is 0.273. The Kier molecular flexibility index (Phi) is 6.79. The number of methoxy groups -OCH3 is 2. The Morgan fingerprint density at radius 3 is 2.53 bits per heavy atom. The molecule has 1 saturated heterocycles. The monoisotopic (exact) mass is 461 g/mol. The maximum Gasteiger partial charge on any atom is 0.329 e. The summed E-state index contributed by atoms with van der Waals surface area (Å²) in [6.45, 7) is 1.22. The molecule has 7 nitrogen and oxygen atoms in total. The zero-order valence-corrected chi connectivity index (χ0v) is 19.0. The molecule has 2 fully saturated rings. The summed E-state index contributed by atoms with van der Waals surface area (Å²) in [4.78, 5) is 12.1. The third-order valence-electron chi connectivity index (χ3n) is 6.00. The van der Waals surface area contributed by atoms with Crippen molar-refractivity contribution in [1.29, 1.82) is 0 Å². The first-order chi connectivity index (χ1) is 15.5. The van der Waals surface area contributed by atoms with Crippen molar-refractivity contribution >= 4 is 23.3 Å². The van der Waals surface area contributed by atoms with Crippen LogP contribution in [0.5, 0.6) is 11.5 Å². The summed E-state index contributed by atoms with van der Waals surface area (Å²) in [7, 11) is 3.16. The molecule has 1 aliphatic heterocycles. The number of carboxylic acid groups (broad SMARTS) is 1. The third-order valence-corrected chi connectivity index (χ3v) is 6.39. The Morgan fingerprint density at radius 1 is 1.16 bits per heavy atom. The third kappa shape index (κ3) is 4.80. The summed E-state index contributed by atoms with van der Waals surface area (Å²) >= 11 is 6.65. The van der Waals surface area contributed by atoms with Crippen molar-refractivity contribution in [3.8, 4) is 22.6 Å². The first-order valence-corrected chi connectivity index (χ1v) is 11.1. The van der Waals surface area contributed by atoms with Gasteiger partial charge in [0, 0.05) is 43.4 Å². The second kappa shape index (κ2) is 9.57. The SMILES string of the molecule is COc1cc(OC)c(Cl)c(-c2ccc(NC3(C(=O)O)CCOCC3)cc2COC2CC2)c1. The average molecular weight is 462 g/mol. The van der Waals surface area contributed by atoms with Crippen molar-refractivity contribution in [2.24, 2.45) is 0 Å². The normalized spacial score (nSPS) is 17.6. The number of nitrogens with one attached hydrogen (secondary N) is 1. The Labute approximate surface area is 192 Å². The molecule has 8 heteroatoms. The maximum atomic E-state index is 12.1. The van der Waals surface area contributed by atoms with E-state index in [1.54, 1.807) is 20.3 Å². The number of halogens is 1. The minimum atomic E-state index is -1.05. The first-order valence-electron chi connectivity index (χ1n) is 10.7. The van der Waals surface area contributed by atoms with Gasteiger partial charge in [-0.25, -0.2) is 4.79 Å². The minimum Gasteiger partial charge on any atom is -0.497 e. The molecule has 0 aromatic heterocycles. The fourth-order valence-electron chi connectivity index (χ4n) is 3.92. The van der Waals surface area contributed by atoms with Crippen LogP contribution in [-0.2, 0) is 20.9 Å². The molecule has 172 valence electrons. The van der Waals surface area contributed by atoms with Crippen LogP contribution in [0.2, 0.25) is 5.02 Å². The number of aliphatic carboxylic acids is 1. The van der Waals surface area contributed by atoms with Crippen LogP contribution >= 0.6 is 11.6 Å². The van der Waals surface area contributed by atoms with Crippen LogP contribution in [0, 0.1) is 0 Å². The predicted molar refractivity (Wildman–Crippen MR) is 122 cm³/mol. The lowest BCUT2D eigenvalue weighted by atomic mass is 9.89. The van der Waals surface area contributed by atoms with E-state index in [2.05, 4.69) is 5.32 Å². The lowest BCUT2D eigenvalue weighted by Crippen LogP contribution is -2.50. The highest BCUT2D eigenvalue weighted by atomic mass is 35.5. The van der Waals surface area contributed by atoms with Gasteiger partial charge in [-0.1, -0.05) is 17.7 Å². The Bertz CT molecular complexity index is 985. The number of anilines is 1. The van der Waals surface area contributed by atoms with Gasteiger partial charge in [0.15, 0.2) is 0 Å². The molecule has 1 saturated carbocycles. The van der Waals surface area contributed by atoms with E-state index in [1.165, 1.54) is 0 Å². The molecular weight excluding hydrogens is 434 g/mol. The van der Waals surface area contributed by atoms with E-state index in [4.69, 9.17) is 30.5 Å². The molecule has 1 aliphatic carbocycles. The van der Waals surface area contributed by atoms with E-state index in [1.807, 2.05) is 24.3 Å². The highest BCUT2D eigenvalue weighted by Gasteiger charge is 2.40. The number of carbonyl (C=O) groups is 1. The quantitative estimate of drug-likeness (QED) is 0.557. The second-order valence-corrected chi connectivity index (χ2v) is 8.58. The molecule has 2 aromatic carbocycles. The van der Waals surface area contributed by atoms with Crippen LogP contribution in [0.4, 0.5) is 5.69 Å². The number of hydrogen-bond acceptors (Lipinski definition) is 6. The average Bonchev–Trinajstić information content (AvgIpc) is 3.63. The number of ether oxygens (including phenoxy) is 4. The number of rotatable bonds is 9. The van der Waals surface area contributed by atoms with Crippen molar-refractivity contribution in [3.63, 3.8) is 0 Å². The number of hydrogen-bond donors (Lipinski definition) is 2. The van der Waals surface area contributed by atoms with Gasteiger partial charge in [0.25, 0.3) is 0 Å².